The van der Waals surface area contributed by atoms with E-state index >= 15 is 0 Å². The van der Waals surface area contributed by atoms with Crippen molar-refractivity contribution >= 4 is 11.8 Å². The standard InChI is InChI=1S/C16H18N4O3/c1-11-9-20-14(10-19-11)16(22)18-7-6-17-15(21)12-4-3-5-13(8-12)23-2/h3-5,8-10H,6-7H2,1-2H3,(H,17,21)(H,18,22). The monoisotopic (exact) mass is 314 g/mol. The number of rotatable bonds is 6. The molecule has 7 heteroatoms. The summed E-state index contributed by atoms with van der Waals surface area (Å²) in [6.45, 7) is 2.40. The van der Waals surface area contributed by atoms with Gasteiger partial charge in [-0.2, -0.15) is 0 Å². The van der Waals surface area contributed by atoms with Gasteiger partial charge in [-0.3, -0.25) is 14.6 Å². The zero-order valence-electron chi connectivity index (χ0n) is 13.0. The summed E-state index contributed by atoms with van der Waals surface area (Å²) in [6, 6.07) is 6.85. The van der Waals surface area contributed by atoms with Gasteiger partial charge in [0, 0.05) is 24.8 Å². The number of carbonyl (C=O) groups excluding carboxylic acids is 2. The second kappa shape index (κ2) is 7.88. The highest BCUT2D eigenvalue weighted by atomic mass is 16.5. The van der Waals surface area contributed by atoms with Crippen LogP contribution in [0, 0.1) is 6.92 Å². The minimum absolute atomic E-state index is 0.228. The van der Waals surface area contributed by atoms with Crippen molar-refractivity contribution in [2.45, 2.75) is 6.92 Å². The van der Waals surface area contributed by atoms with Crippen LogP contribution in [-0.2, 0) is 0 Å². The largest absolute Gasteiger partial charge is 0.497 e. The Morgan fingerprint density at radius 3 is 2.48 bits per heavy atom. The normalized spacial score (nSPS) is 10.0. The molecule has 0 aliphatic rings. The number of nitrogens with one attached hydrogen (secondary N) is 2. The molecule has 1 heterocycles. The maximum atomic E-state index is 12.0. The van der Waals surface area contributed by atoms with Gasteiger partial charge in [-0.15, -0.1) is 0 Å². The first-order valence-electron chi connectivity index (χ1n) is 7.09. The van der Waals surface area contributed by atoms with Crippen molar-refractivity contribution < 1.29 is 14.3 Å². The van der Waals surface area contributed by atoms with E-state index in [2.05, 4.69) is 20.6 Å². The van der Waals surface area contributed by atoms with Crippen LogP contribution in [-0.4, -0.2) is 42.0 Å². The van der Waals surface area contributed by atoms with Gasteiger partial charge in [0.2, 0.25) is 0 Å². The predicted octanol–water partition coefficient (Wildman–Crippen LogP) is 0.953. The van der Waals surface area contributed by atoms with Crippen molar-refractivity contribution in [2.24, 2.45) is 0 Å². The van der Waals surface area contributed by atoms with Gasteiger partial charge in [-0.25, -0.2) is 4.98 Å². The minimum atomic E-state index is -0.326. The highest BCUT2D eigenvalue weighted by Gasteiger charge is 2.08. The number of hydrogen-bond donors (Lipinski definition) is 2. The SMILES string of the molecule is COc1cccc(C(=O)NCCNC(=O)c2cnc(C)cn2)c1. The molecule has 2 amide bonds. The van der Waals surface area contributed by atoms with E-state index in [1.165, 1.54) is 12.4 Å². The first-order chi connectivity index (χ1) is 11.1. The lowest BCUT2D eigenvalue weighted by Gasteiger charge is -2.08. The van der Waals surface area contributed by atoms with Crippen LogP contribution in [0.25, 0.3) is 0 Å². The second-order valence-corrected chi connectivity index (χ2v) is 4.79. The van der Waals surface area contributed by atoms with Gasteiger partial charge >= 0.3 is 0 Å². The van der Waals surface area contributed by atoms with Crippen LogP contribution >= 0.6 is 0 Å². The molecule has 120 valence electrons. The summed E-state index contributed by atoms with van der Waals surface area (Å²) in [5.74, 6) is 0.0605. The maximum absolute atomic E-state index is 12.0. The van der Waals surface area contributed by atoms with Gasteiger partial charge in [0.05, 0.1) is 19.0 Å². The Morgan fingerprint density at radius 2 is 1.83 bits per heavy atom. The van der Waals surface area contributed by atoms with Gasteiger partial charge in [-0.05, 0) is 25.1 Å². The van der Waals surface area contributed by atoms with Crippen molar-refractivity contribution in [2.75, 3.05) is 20.2 Å². The molecule has 0 saturated heterocycles. The molecule has 7 nitrogen and oxygen atoms in total. The number of methoxy groups -OCH3 is 1. The lowest BCUT2D eigenvalue weighted by atomic mass is 10.2. The van der Waals surface area contributed by atoms with Gasteiger partial charge in [0.1, 0.15) is 11.4 Å². The van der Waals surface area contributed by atoms with Gasteiger partial charge in [0.25, 0.3) is 11.8 Å². The molecule has 1 aromatic heterocycles. The van der Waals surface area contributed by atoms with Crippen molar-refractivity contribution in [3.05, 3.63) is 53.6 Å². The van der Waals surface area contributed by atoms with E-state index in [-0.39, 0.29) is 17.5 Å². The van der Waals surface area contributed by atoms with Crippen LogP contribution in [0.15, 0.2) is 36.7 Å². The van der Waals surface area contributed by atoms with Crippen LogP contribution in [0.4, 0.5) is 0 Å². The summed E-state index contributed by atoms with van der Waals surface area (Å²) in [6.07, 6.45) is 2.94. The maximum Gasteiger partial charge on any atom is 0.271 e. The number of nitrogens with zero attached hydrogens (tertiary/aromatic N) is 2. The number of amides is 2. The molecule has 2 rings (SSSR count). The molecule has 0 aliphatic heterocycles. The Morgan fingerprint density at radius 1 is 1.09 bits per heavy atom. The molecule has 2 aromatic rings. The fraction of sp³-hybridized carbons (Fsp3) is 0.250. The molecule has 0 radical (unpaired) electrons. The molecule has 0 atom stereocenters. The van der Waals surface area contributed by atoms with E-state index in [0.29, 0.717) is 24.4 Å². The van der Waals surface area contributed by atoms with Crippen LogP contribution in [0.1, 0.15) is 26.5 Å². The van der Waals surface area contributed by atoms with Crippen LogP contribution in [0.5, 0.6) is 5.75 Å². The van der Waals surface area contributed by atoms with E-state index in [9.17, 15) is 9.59 Å². The summed E-state index contributed by atoms with van der Waals surface area (Å²) in [7, 11) is 1.54. The van der Waals surface area contributed by atoms with E-state index in [1.807, 2.05) is 0 Å². The molecule has 0 spiro atoms. The second-order valence-electron chi connectivity index (χ2n) is 4.79. The first-order valence-corrected chi connectivity index (χ1v) is 7.09. The molecule has 0 aliphatic carbocycles. The van der Waals surface area contributed by atoms with Crippen molar-refractivity contribution in [3.8, 4) is 5.75 Å². The number of hydrogen-bond acceptors (Lipinski definition) is 5. The average Bonchev–Trinajstić information content (AvgIpc) is 2.59. The summed E-state index contributed by atoms with van der Waals surface area (Å²) in [4.78, 5) is 31.8. The number of carbonyl (C=O) groups is 2. The zero-order chi connectivity index (χ0) is 16.7. The highest BCUT2D eigenvalue weighted by Crippen LogP contribution is 2.12. The van der Waals surface area contributed by atoms with Crippen LogP contribution in [0.3, 0.4) is 0 Å². The third kappa shape index (κ3) is 4.77. The van der Waals surface area contributed by atoms with E-state index in [1.54, 1.807) is 38.3 Å². The molecular formula is C16H18N4O3. The zero-order valence-corrected chi connectivity index (χ0v) is 13.0. The molecule has 0 fully saturated rings. The van der Waals surface area contributed by atoms with Crippen molar-refractivity contribution in [1.82, 2.24) is 20.6 Å². The highest BCUT2D eigenvalue weighted by molar-refractivity contribution is 5.94. The summed E-state index contributed by atoms with van der Waals surface area (Å²) >= 11 is 0. The first kappa shape index (κ1) is 16.4. The summed E-state index contributed by atoms with van der Waals surface area (Å²) in [5.41, 5.74) is 1.49. The van der Waals surface area contributed by atoms with E-state index in [0.717, 1.165) is 5.69 Å². The Kier molecular flexibility index (Phi) is 5.62. The minimum Gasteiger partial charge on any atom is -0.497 e. The molecule has 1 aromatic carbocycles. The van der Waals surface area contributed by atoms with Crippen molar-refractivity contribution in [1.29, 1.82) is 0 Å². The smallest absolute Gasteiger partial charge is 0.271 e. The van der Waals surface area contributed by atoms with E-state index in [4.69, 9.17) is 4.74 Å². The molecule has 0 bridgehead atoms. The van der Waals surface area contributed by atoms with Crippen LogP contribution < -0.4 is 15.4 Å². The van der Waals surface area contributed by atoms with Crippen LogP contribution in [0.2, 0.25) is 0 Å². The molecular weight excluding hydrogens is 296 g/mol. The van der Waals surface area contributed by atoms with Gasteiger partial charge < -0.3 is 15.4 Å². The number of benzene rings is 1. The third-order valence-corrected chi connectivity index (χ3v) is 3.04. The summed E-state index contributed by atoms with van der Waals surface area (Å²) in [5, 5.41) is 5.39. The topological polar surface area (TPSA) is 93.2 Å². The quantitative estimate of drug-likeness (QED) is 0.775. The average molecular weight is 314 g/mol. The number of aryl methyl sites for hydroxylation is 1. The fourth-order valence-corrected chi connectivity index (χ4v) is 1.82. The van der Waals surface area contributed by atoms with Gasteiger partial charge in [-0.1, -0.05) is 6.07 Å². The molecule has 23 heavy (non-hydrogen) atoms. The lowest BCUT2D eigenvalue weighted by Crippen LogP contribution is -2.35. The lowest BCUT2D eigenvalue weighted by molar-refractivity contribution is 0.0924. The van der Waals surface area contributed by atoms with Crippen molar-refractivity contribution in [3.63, 3.8) is 0 Å². The molecule has 0 unspecified atom stereocenters. The fourth-order valence-electron chi connectivity index (χ4n) is 1.82. The Bertz CT molecular complexity index is 686. The molecule has 0 saturated carbocycles. The third-order valence-electron chi connectivity index (χ3n) is 3.04. The Balaban J connectivity index is 1.77. The number of aromatic nitrogens is 2. The molecule has 2 N–H and O–H groups in total. The number of ether oxygens (including phenoxy) is 1. The predicted molar refractivity (Wildman–Crippen MR) is 84.4 cm³/mol. The van der Waals surface area contributed by atoms with Gasteiger partial charge in [0.15, 0.2) is 0 Å². The Hall–Kier alpha value is -2.96. The summed E-state index contributed by atoms with van der Waals surface area (Å²) < 4.78 is 5.07. The van der Waals surface area contributed by atoms with E-state index < -0.39 is 0 Å². The Labute approximate surface area is 134 Å².